The van der Waals surface area contributed by atoms with E-state index < -0.39 is 16.6 Å². The summed E-state index contributed by atoms with van der Waals surface area (Å²) in [6, 6.07) is 0.592. The molecule has 1 saturated carbocycles. The second-order valence-corrected chi connectivity index (χ2v) is 24.8. The van der Waals surface area contributed by atoms with Crippen molar-refractivity contribution in [2.45, 2.75) is 141 Å². The van der Waals surface area contributed by atoms with Crippen LogP contribution in [0.5, 0.6) is 0 Å². The van der Waals surface area contributed by atoms with Gasteiger partial charge in [-0.1, -0.05) is 41.5 Å². The summed E-state index contributed by atoms with van der Waals surface area (Å²) in [5.74, 6) is 0.921. The van der Waals surface area contributed by atoms with Gasteiger partial charge in [0.25, 0.3) is 0 Å². The van der Waals surface area contributed by atoms with Gasteiger partial charge in [-0.2, -0.15) is 15.1 Å². The van der Waals surface area contributed by atoms with Gasteiger partial charge in [-0.15, -0.1) is 0 Å². The van der Waals surface area contributed by atoms with E-state index in [1.165, 1.54) is 0 Å². The molecule has 7 nitrogen and oxygen atoms in total. The molecule has 1 atom stereocenters. The third kappa shape index (κ3) is 6.42. The number of hydrogen-bond donors (Lipinski definition) is 0. The van der Waals surface area contributed by atoms with Gasteiger partial charge in [-0.3, -0.25) is 0 Å². The van der Waals surface area contributed by atoms with Crippen LogP contribution in [0.15, 0.2) is 0 Å². The van der Waals surface area contributed by atoms with E-state index in [0.717, 1.165) is 74.2 Å². The standard InChI is InChI=1S/C29H52ClN5O2Si2/c1-20-24-25(34-18-12-13-22(34)19-36-38(8,9)28(2,3)4)31-27(30)32-26(24)35(33-20)21-14-16-23(17-15-21)37-39(10,11)29(5,6)7/h21-23H,12-19H2,1-11H3/t21?,22-,23?/m0/s1. The van der Waals surface area contributed by atoms with E-state index in [4.69, 9.17) is 35.5 Å². The zero-order chi connectivity index (χ0) is 29.0. The molecule has 4 rings (SSSR count). The smallest absolute Gasteiger partial charge is 0.226 e. The fourth-order valence-corrected chi connectivity index (χ4v) is 8.06. The van der Waals surface area contributed by atoms with Gasteiger partial charge in [-0.05, 0) is 93.3 Å². The molecule has 2 aromatic heterocycles. The minimum absolute atomic E-state index is 0.189. The minimum atomic E-state index is -1.84. The van der Waals surface area contributed by atoms with Crippen molar-refractivity contribution in [3.63, 3.8) is 0 Å². The lowest BCUT2D eigenvalue weighted by Crippen LogP contribution is -2.45. The predicted molar refractivity (Wildman–Crippen MR) is 168 cm³/mol. The maximum atomic E-state index is 6.75. The average molecular weight is 594 g/mol. The zero-order valence-corrected chi connectivity index (χ0v) is 29.1. The molecule has 10 heteroatoms. The van der Waals surface area contributed by atoms with Crippen molar-refractivity contribution in [2.24, 2.45) is 0 Å². The molecule has 39 heavy (non-hydrogen) atoms. The summed E-state index contributed by atoms with van der Waals surface area (Å²) in [6.45, 7) is 27.0. The summed E-state index contributed by atoms with van der Waals surface area (Å²) in [6.07, 6.45) is 6.76. The van der Waals surface area contributed by atoms with Gasteiger partial charge in [0, 0.05) is 12.6 Å². The van der Waals surface area contributed by atoms with E-state index in [-0.39, 0.29) is 10.1 Å². The van der Waals surface area contributed by atoms with E-state index in [0.29, 0.717) is 23.5 Å². The topological polar surface area (TPSA) is 65.3 Å². The zero-order valence-electron chi connectivity index (χ0n) is 26.3. The molecule has 3 heterocycles. The molecule has 1 saturated heterocycles. The average Bonchev–Trinajstić information content (AvgIpc) is 3.40. The first-order chi connectivity index (χ1) is 17.9. The lowest BCUT2D eigenvalue weighted by atomic mass is 9.93. The number of aryl methyl sites for hydroxylation is 1. The summed E-state index contributed by atoms with van der Waals surface area (Å²) >= 11 is 6.59. The molecular formula is C29H52ClN5O2Si2. The van der Waals surface area contributed by atoms with Crippen LogP contribution in [-0.2, 0) is 8.85 Å². The van der Waals surface area contributed by atoms with E-state index in [2.05, 4.69) is 84.2 Å². The Hall–Kier alpha value is -1.01. The molecule has 0 bridgehead atoms. The number of nitrogens with zero attached hydrogens (tertiary/aromatic N) is 5. The molecule has 2 fully saturated rings. The number of aromatic nitrogens is 4. The van der Waals surface area contributed by atoms with Crippen LogP contribution in [0.1, 0.15) is 91.8 Å². The van der Waals surface area contributed by atoms with Crippen LogP contribution in [0.2, 0.25) is 41.5 Å². The molecule has 0 spiro atoms. The fourth-order valence-electron chi connectivity index (χ4n) is 5.43. The Morgan fingerprint density at radius 2 is 1.51 bits per heavy atom. The molecule has 0 radical (unpaired) electrons. The number of halogens is 1. The molecule has 220 valence electrons. The lowest BCUT2D eigenvalue weighted by Gasteiger charge is -2.41. The normalized spacial score (nSPS) is 23.7. The Labute approximate surface area is 243 Å². The third-order valence-corrected chi connectivity index (χ3v) is 19.2. The van der Waals surface area contributed by atoms with E-state index in [1.54, 1.807) is 0 Å². The van der Waals surface area contributed by atoms with Crippen LogP contribution in [0.3, 0.4) is 0 Å². The highest BCUT2D eigenvalue weighted by atomic mass is 35.5. The molecule has 0 unspecified atom stereocenters. The molecule has 0 N–H and O–H groups in total. The third-order valence-electron chi connectivity index (χ3n) is 10.0. The molecule has 1 aliphatic carbocycles. The van der Waals surface area contributed by atoms with Gasteiger partial charge in [0.2, 0.25) is 5.28 Å². The molecule has 0 aromatic carbocycles. The molecule has 2 aromatic rings. The van der Waals surface area contributed by atoms with Crippen molar-refractivity contribution >= 4 is 45.1 Å². The van der Waals surface area contributed by atoms with Crippen LogP contribution in [0, 0.1) is 6.92 Å². The van der Waals surface area contributed by atoms with Gasteiger partial charge in [0.05, 0.1) is 29.8 Å². The maximum absolute atomic E-state index is 6.75. The molecular weight excluding hydrogens is 542 g/mol. The van der Waals surface area contributed by atoms with Gasteiger partial charge < -0.3 is 13.8 Å². The van der Waals surface area contributed by atoms with E-state index in [9.17, 15) is 0 Å². The van der Waals surface area contributed by atoms with Crippen LogP contribution in [0.25, 0.3) is 11.0 Å². The summed E-state index contributed by atoms with van der Waals surface area (Å²) in [5.41, 5.74) is 1.85. The lowest BCUT2D eigenvalue weighted by molar-refractivity contribution is 0.116. The summed E-state index contributed by atoms with van der Waals surface area (Å²) in [4.78, 5) is 11.9. The monoisotopic (exact) mass is 593 g/mol. The van der Waals surface area contributed by atoms with Gasteiger partial charge in [0.1, 0.15) is 5.82 Å². The van der Waals surface area contributed by atoms with Gasteiger partial charge in [0.15, 0.2) is 22.3 Å². The van der Waals surface area contributed by atoms with Crippen LogP contribution >= 0.6 is 11.6 Å². The predicted octanol–water partition coefficient (Wildman–Crippen LogP) is 8.28. The summed E-state index contributed by atoms with van der Waals surface area (Å²) in [7, 11) is -3.61. The Kier molecular flexibility index (Phi) is 8.73. The van der Waals surface area contributed by atoms with Crippen molar-refractivity contribution < 1.29 is 8.85 Å². The number of rotatable bonds is 7. The quantitative estimate of drug-likeness (QED) is 0.238. The van der Waals surface area contributed by atoms with Gasteiger partial charge in [-0.25, -0.2) is 4.68 Å². The largest absolute Gasteiger partial charge is 0.415 e. The van der Waals surface area contributed by atoms with Crippen molar-refractivity contribution in [2.75, 3.05) is 18.1 Å². The van der Waals surface area contributed by atoms with E-state index >= 15 is 0 Å². The first-order valence-corrected chi connectivity index (χ1v) is 21.1. The van der Waals surface area contributed by atoms with Crippen LogP contribution < -0.4 is 4.90 Å². The highest BCUT2D eigenvalue weighted by molar-refractivity contribution is 6.74. The van der Waals surface area contributed by atoms with Gasteiger partial charge >= 0.3 is 0 Å². The Balaban J connectivity index is 1.55. The second kappa shape index (κ2) is 11.0. The fraction of sp³-hybridized carbons (Fsp3) is 0.828. The first kappa shape index (κ1) is 30.9. The van der Waals surface area contributed by atoms with Crippen molar-refractivity contribution in [3.8, 4) is 0 Å². The Morgan fingerprint density at radius 1 is 0.897 bits per heavy atom. The van der Waals surface area contributed by atoms with E-state index in [1.807, 2.05) is 0 Å². The van der Waals surface area contributed by atoms with Crippen LogP contribution in [-0.4, -0.2) is 61.7 Å². The van der Waals surface area contributed by atoms with Crippen molar-refractivity contribution in [1.82, 2.24) is 19.7 Å². The molecule has 0 amide bonds. The first-order valence-electron chi connectivity index (χ1n) is 14.9. The molecule has 2 aliphatic rings. The Morgan fingerprint density at radius 3 is 2.10 bits per heavy atom. The van der Waals surface area contributed by atoms with Crippen molar-refractivity contribution in [1.29, 1.82) is 0 Å². The summed E-state index contributed by atoms with van der Waals surface area (Å²) in [5, 5.41) is 6.79. The second-order valence-electron chi connectivity index (χ2n) is 14.9. The highest BCUT2D eigenvalue weighted by Gasteiger charge is 2.41. The molecule has 1 aliphatic heterocycles. The van der Waals surface area contributed by atoms with Crippen LogP contribution in [0.4, 0.5) is 5.82 Å². The Bertz CT molecular complexity index is 1160. The van der Waals surface area contributed by atoms with Crippen molar-refractivity contribution in [3.05, 3.63) is 11.0 Å². The minimum Gasteiger partial charge on any atom is -0.415 e. The highest BCUT2D eigenvalue weighted by Crippen LogP contribution is 2.42. The number of fused-ring (bicyclic) bond motifs is 1. The number of hydrogen-bond acceptors (Lipinski definition) is 6. The maximum Gasteiger partial charge on any atom is 0.226 e. The summed E-state index contributed by atoms with van der Waals surface area (Å²) < 4.78 is 15.6. The number of anilines is 1. The SMILES string of the molecule is Cc1nn(C2CCC(O[Si](C)(C)C(C)(C)C)CC2)c2nc(Cl)nc(N3CCC[C@H]3CO[Si](C)(C)C(C)(C)C)c12.